The van der Waals surface area contributed by atoms with Gasteiger partial charge in [-0.2, -0.15) is 20.3 Å². The lowest BCUT2D eigenvalue weighted by Gasteiger charge is -2.41. The molecule has 10 rings (SSSR count). The number of phenols is 2. The third-order valence-electron chi connectivity index (χ3n) is 14.9. The zero-order valence-corrected chi connectivity index (χ0v) is 41.3. The van der Waals surface area contributed by atoms with Crippen molar-refractivity contribution in [1.82, 2.24) is 39.4 Å². The summed E-state index contributed by atoms with van der Waals surface area (Å²) in [7, 11) is 0. The lowest BCUT2D eigenvalue weighted by Crippen LogP contribution is -2.57. The number of likely N-dealkylation sites (tertiary alicyclic amines) is 2. The minimum Gasteiger partial charge on any atom is -0.508 e. The van der Waals surface area contributed by atoms with Crippen molar-refractivity contribution >= 4 is 45.8 Å². The summed E-state index contributed by atoms with van der Waals surface area (Å²) >= 11 is 6.78. The maximum absolute atomic E-state index is 14.0. The van der Waals surface area contributed by atoms with Crippen LogP contribution in [-0.4, -0.2) is 127 Å². The quantitative estimate of drug-likeness (QED) is 0.102. The van der Waals surface area contributed by atoms with Gasteiger partial charge in [0.1, 0.15) is 17.3 Å². The number of hydrogen-bond acceptors (Lipinski definition) is 13. The van der Waals surface area contributed by atoms with Gasteiger partial charge in [0, 0.05) is 80.4 Å². The van der Waals surface area contributed by atoms with Crippen molar-refractivity contribution in [2.45, 2.75) is 71.0 Å². The number of carbonyl (C=O) groups excluding carboxylic acids is 2. The van der Waals surface area contributed by atoms with Crippen molar-refractivity contribution in [1.29, 1.82) is 5.26 Å². The molecule has 4 aromatic carbocycles. The number of ether oxygens (including phenoxy) is 1. The Labute approximate surface area is 422 Å². The maximum Gasteiger partial charge on any atom is 0.348 e. The highest BCUT2D eigenvalue weighted by Crippen LogP contribution is 2.39. The predicted octanol–water partition coefficient (Wildman–Crippen LogP) is 6.54. The fourth-order valence-corrected chi connectivity index (χ4v) is 11.3. The van der Waals surface area contributed by atoms with Gasteiger partial charge in [0.15, 0.2) is 5.82 Å². The third kappa shape index (κ3) is 9.70. The van der Waals surface area contributed by atoms with Crippen LogP contribution in [0, 0.1) is 23.2 Å². The number of anilines is 2. The number of halogens is 1. The Kier molecular flexibility index (Phi) is 13.7. The number of piperazine rings is 1. The van der Waals surface area contributed by atoms with E-state index in [1.807, 2.05) is 61.2 Å². The standard InChI is InChI=1S/C53H59ClN12O6/c1-32(2)40-25-41(46(68)26-45(40)67)49-59-60-53(71)66(49)37-11-9-33(10-12-37)27-61-19-15-36(16-20-61)50(69)64-21-14-34(28-64)31-72-52-57-43-30-62(44-8-4-6-35-5-3-7-42(54)47(35)44)22-17-39(43)48(58-52)63-23-24-65(51(56)70)38(29-63)13-18-55/h3-12,25-26,32,34,36,38,67-68H,13-17,19-24,27-31H2,1-2H3,(H2,56,70)(H,60,71). The number of phenolic OH excluding ortho intramolecular Hbond substituents is 2. The van der Waals surface area contributed by atoms with Gasteiger partial charge in [0.05, 0.1) is 53.7 Å². The van der Waals surface area contributed by atoms with Gasteiger partial charge in [-0.1, -0.05) is 61.8 Å². The Hall–Kier alpha value is -7.36. The molecule has 2 atom stereocenters. The van der Waals surface area contributed by atoms with Gasteiger partial charge in [0.2, 0.25) is 5.91 Å². The second-order valence-electron chi connectivity index (χ2n) is 19.8. The first kappa shape index (κ1) is 48.3. The van der Waals surface area contributed by atoms with E-state index in [0.29, 0.717) is 87.2 Å². The number of fused-ring (bicyclic) bond motifs is 2. The van der Waals surface area contributed by atoms with Gasteiger partial charge in [-0.25, -0.2) is 19.3 Å². The van der Waals surface area contributed by atoms with Crippen molar-refractivity contribution in [2.24, 2.45) is 17.6 Å². The molecule has 18 nitrogen and oxygen atoms in total. The molecule has 0 saturated carbocycles. The van der Waals surface area contributed by atoms with Crippen LogP contribution in [-0.2, 0) is 24.3 Å². The molecule has 0 bridgehead atoms. The van der Waals surface area contributed by atoms with Crippen LogP contribution in [0.2, 0.25) is 5.02 Å². The molecule has 3 amide bonds. The van der Waals surface area contributed by atoms with Gasteiger partial charge >= 0.3 is 17.7 Å². The number of benzene rings is 4. The van der Waals surface area contributed by atoms with E-state index in [0.717, 1.165) is 71.5 Å². The SMILES string of the molecule is CC(C)c1cc(-c2n[nH]c(=O)n2-c2ccc(CN3CCC(C(=O)N4CCC(COc5nc6c(c(N7CCN(C(N)=O)C(CC#N)C7)n5)CCN(c5cccc7cccc(Cl)c57)C6)C4)CC3)cc2)c(O)cc1O. The minimum atomic E-state index is -0.541. The topological polar surface area (TPSA) is 226 Å². The number of nitrogens with zero attached hydrogens (tertiary/aromatic N) is 10. The lowest BCUT2D eigenvalue weighted by molar-refractivity contribution is -0.136. The number of H-pyrrole nitrogens is 1. The second-order valence-corrected chi connectivity index (χ2v) is 20.2. The normalized spacial score (nSPS) is 18.7. The third-order valence-corrected chi connectivity index (χ3v) is 15.2. The molecule has 0 radical (unpaired) electrons. The van der Waals surface area contributed by atoms with Crippen LogP contribution in [0.5, 0.6) is 17.5 Å². The van der Waals surface area contributed by atoms with Crippen LogP contribution in [0.4, 0.5) is 16.3 Å². The summed E-state index contributed by atoms with van der Waals surface area (Å²) in [6.07, 6.45) is 3.14. The number of nitrogens with two attached hydrogens (primary N) is 1. The van der Waals surface area contributed by atoms with Crippen LogP contribution in [0.15, 0.2) is 77.6 Å². The Morgan fingerprint density at radius 3 is 2.46 bits per heavy atom. The van der Waals surface area contributed by atoms with E-state index >= 15 is 0 Å². The van der Waals surface area contributed by atoms with Gasteiger partial charge in [-0.3, -0.25) is 9.69 Å². The van der Waals surface area contributed by atoms with Gasteiger partial charge in [0.25, 0.3) is 0 Å². The molecule has 3 saturated heterocycles. The molecule has 2 aromatic heterocycles. The van der Waals surface area contributed by atoms with Crippen molar-refractivity contribution < 1.29 is 24.5 Å². The number of rotatable bonds is 12. The largest absolute Gasteiger partial charge is 0.508 e. The minimum absolute atomic E-state index is 0.0148. The molecule has 2 unspecified atom stereocenters. The average Bonchev–Trinajstić information content (AvgIpc) is 4.02. The van der Waals surface area contributed by atoms with Crippen molar-refractivity contribution in [2.75, 3.05) is 68.8 Å². The first-order valence-electron chi connectivity index (χ1n) is 24.8. The lowest BCUT2D eigenvalue weighted by atomic mass is 9.95. The monoisotopic (exact) mass is 994 g/mol. The number of piperidine rings is 1. The number of hydrogen-bond donors (Lipinski definition) is 4. The summed E-state index contributed by atoms with van der Waals surface area (Å²) in [5.41, 5.74) is 10.8. The van der Waals surface area contributed by atoms with E-state index in [1.165, 1.54) is 10.6 Å². The first-order chi connectivity index (χ1) is 34.8. The summed E-state index contributed by atoms with van der Waals surface area (Å²) in [4.78, 5) is 59.6. The number of nitrogens with one attached hydrogen (secondary N) is 1. The maximum atomic E-state index is 14.0. The van der Waals surface area contributed by atoms with E-state index in [4.69, 9.17) is 32.0 Å². The highest BCUT2D eigenvalue weighted by Gasteiger charge is 2.36. The highest BCUT2D eigenvalue weighted by molar-refractivity contribution is 6.36. The summed E-state index contributed by atoms with van der Waals surface area (Å²) in [5, 5.41) is 40.2. The van der Waals surface area contributed by atoms with E-state index in [-0.39, 0.29) is 59.5 Å². The molecular weight excluding hydrogens is 936 g/mol. The summed E-state index contributed by atoms with van der Waals surface area (Å²) in [6.45, 7) is 10.2. The molecule has 4 aliphatic rings. The van der Waals surface area contributed by atoms with Crippen LogP contribution < -0.4 is 26.0 Å². The zero-order valence-electron chi connectivity index (χ0n) is 40.5. The number of amides is 3. The zero-order chi connectivity index (χ0) is 50.2. The van der Waals surface area contributed by atoms with Crippen LogP contribution in [0.1, 0.15) is 67.8 Å². The molecular formula is C53H59ClN12O6. The Bertz CT molecular complexity index is 3100. The molecule has 72 heavy (non-hydrogen) atoms. The average molecular weight is 996 g/mol. The Morgan fingerprint density at radius 2 is 1.71 bits per heavy atom. The number of carbonyl (C=O) groups is 2. The number of primary amides is 1. The van der Waals surface area contributed by atoms with E-state index < -0.39 is 11.7 Å². The summed E-state index contributed by atoms with van der Waals surface area (Å²) in [6, 6.07) is 24.3. The smallest absolute Gasteiger partial charge is 0.348 e. The van der Waals surface area contributed by atoms with Gasteiger partial charge < -0.3 is 40.3 Å². The first-order valence-corrected chi connectivity index (χ1v) is 25.2. The highest BCUT2D eigenvalue weighted by atomic mass is 35.5. The van der Waals surface area contributed by atoms with Crippen LogP contribution >= 0.6 is 11.6 Å². The molecule has 6 heterocycles. The number of urea groups is 1. The number of aromatic hydroxyl groups is 2. The molecule has 5 N–H and O–H groups in total. The molecule has 4 aliphatic heterocycles. The Morgan fingerprint density at radius 1 is 0.931 bits per heavy atom. The van der Waals surface area contributed by atoms with Crippen molar-refractivity contribution in [3.63, 3.8) is 0 Å². The van der Waals surface area contributed by atoms with Gasteiger partial charge in [-0.05, 0) is 91.5 Å². The number of aromatic nitrogens is 5. The van der Waals surface area contributed by atoms with Crippen LogP contribution in [0.25, 0.3) is 27.8 Å². The fourth-order valence-electron chi connectivity index (χ4n) is 11.0. The number of aromatic amines is 1. The van der Waals surface area contributed by atoms with Crippen molar-refractivity contribution in [3.8, 4) is 40.7 Å². The number of nitriles is 1. The van der Waals surface area contributed by atoms with Crippen molar-refractivity contribution in [3.05, 3.63) is 111 Å². The fraction of sp³-hybridized carbons (Fsp3) is 0.415. The molecule has 19 heteroatoms. The molecule has 3 fully saturated rings. The summed E-state index contributed by atoms with van der Waals surface area (Å²) < 4.78 is 7.88. The second kappa shape index (κ2) is 20.4. The molecule has 0 aliphatic carbocycles. The Balaban J connectivity index is 0.769. The summed E-state index contributed by atoms with van der Waals surface area (Å²) in [5.74, 6) is 1.01. The van der Waals surface area contributed by atoms with Crippen LogP contribution in [0.3, 0.4) is 0 Å². The van der Waals surface area contributed by atoms with E-state index in [1.54, 1.807) is 11.0 Å². The molecule has 374 valence electrons. The predicted molar refractivity (Wildman–Crippen MR) is 273 cm³/mol. The van der Waals surface area contributed by atoms with E-state index in [9.17, 15) is 29.9 Å². The van der Waals surface area contributed by atoms with E-state index in [2.05, 4.69) is 49.2 Å². The molecule has 0 spiro atoms. The molecule has 6 aromatic rings. The van der Waals surface area contributed by atoms with Gasteiger partial charge in [-0.15, -0.1) is 0 Å².